The van der Waals surface area contributed by atoms with Crippen molar-refractivity contribution in [3.05, 3.63) is 53.9 Å². The van der Waals surface area contributed by atoms with Gasteiger partial charge in [-0.2, -0.15) is 10.2 Å². The zero-order chi connectivity index (χ0) is 27.9. The topological polar surface area (TPSA) is 132 Å². The third-order valence-corrected chi connectivity index (χ3v) is 8.19. The third kappa shape index (κ3) is 4.68. The van der Waals surface area contributed by atoms with Gasteiger partial charge in [0.25, 0.3) is 11.8 Å². The lowest BCUT2D eigenvalue weighted by Gasteiger charge is -2.46. The van der Waals surface area contributed by atoms with Gasteiger partial charge in [-0.05, 0) is 51.6 Å². The molecule has 6 rings (SSSR count). The molecule has 4 aromatic heterocycles. The molecule has 0 atom stereocenters. The van der Waals surface area contributed by atoms with Crippen LogP contribution in [0.1, 0.15) is 58.5 Å². The molecular formula is C28H33N9O3. The van der Waals surface area contributed by atoms with Crippen LogP contribution in [0.2, 0.25) is 0 Å². The van der Waals surface area contributed by atoms with Crippen molar-refractivity contribution < 1.29 is 14.3 Å². The number of hydrogen-bond acceptors (Lipinski definition) is 8. The number of nitrogens with zero attached hydrogens (tertiary/aromatic N) is 7. The highest BCUT2D eigenvalue weighted by molar-refractivity contribution is 6.10. The second-order valence-corrected chi connectivity index (χ2v) is 10.6. The Morgan fingerprint density at radius 2 is 1.90 bits per heavy atom. The SMILES string of the molecule is COc1nc(-c2cnn(C)c2)cn2ncc(C(=O)Nc3cc(C(=O)NCCN4CCCC45CCC5)cnc3C)c12. The monoisotopic (exact) mass is 543 g/mol. The van der Waals surface area contributed by atoms with E-state index in [1.807, 2.05) is 13.2 Å². The molecule has 4 aromatic rings. The van der Waals surface area contributed by atoms with Gasteiger partial charge in [0.05, 0.1) is 53.9 Å². The fourth-order valence-corrected chi connectivity index (χ4v) is 5.86. The molecule has 1 aliphatic heterocycles. The number of carbonyl (C=O) groups is 2. The van der Waals surface area contributed by atoms with Gasteiger partial charge in [0, 0.05) is 43.6 Å². The zero-order valence-electron chi connectivity index (χ0n) is 23.0. The minimum Gasteiger partial charge on any atom is -0.479 e. The van der Waals surface area contributed by atoms with Gasteiger partial charge in [0.15, 0.2) is 0 Å². The molecule has 40 heavy (non-hydrogen) atoms. The second kappa shape index (κ2) is 10.3. The highest BCUT2D eigenvalue weighted by atomic mass is 16.5. The van der Waals surface area contributed by atoms with Crippen molar-refractivity contribution in [3.63, 3.8) is 0 Å². The van der Waals surface area contributed by atoms with Gasteiger partial charge in [-0.3, -0.25) is 24.2 Å². The number of rotatable bonds is 8. The van der Waals surface area contributed by atoms with Crippen LogP contribution in [0.15, 0.2) is 37.1 Å². The minimum absolute atomic E-state index is 0.213. The zero-order valence-corrected chi connectivity index (χ0v) is 23.0. The van der Waals surface area contributed by atoms with Gasteiger partial charge in [0.2, 0.25) is 5.88 Å². The number of carbonyl (C=O) groups excluding carboxylic acids is 2. The van der Waals surface area contributed by atoms with Gasteiger partial charge < -0.3 is 15.4 Å². The number of nitrogens with one attached hydrogen (secondary N) is 2. The van der Waals surface area contributed by atoms with Gasteiger partial charge in [0.1, 0.15) is 5.52 Å². The summed E-state index contributed by atoms with van der Waals surface area (Å²) in [6.07, 6.45) is 14.6. The summed E-state index contributed by atoms with van der Waals surface area (Å²) in [5.74, 6) is -0.366. The Morgan fingerprint density at radius 1 is 1.07 bits per heavy atom. The predicted octanol–water partition coefficient (Wildman–Crippen LogP) is 2.84. The summed E-state index contributed by atoms with van der Waals surface area (Å²) < 4.78 is 8.76. The van der Waals surface area contributed by atoms with E-state index < -0.39 is 5.91 Å². The Kier molecular flexibility index (Phi) is 6.70. The summed E-state index contributed by atoms with van der Waals surface area (Å²) in [4.78, 5) is 37.8. The van der Waals surface area contributed by atoms with Crippen LogP contribution in [0.5, 0.6) is 5.88 Å². The number of hydrogen-bond donors (Lipinski definition) is 2. The number of ether oxygens (including phenoxy) is 1. The molecule has 208 valence electrons. The van der Waals surface area contributed by atoms with Crippen LogP contribution in [0, 0.1) is 6.92 Å². The van der Waals surface area contributed by atoms with E-state index in [2.05, 4.69) is 35.7 Å². The molecule has 1 aliphatic carbocycles. The van der Waals surface area contributed by atoms with Crippen LogP contribution < -0.4 is 15.4 Å². The number of pyridine rings is 1. The molecule has 2 N–H and O–H groups in total. The van der Waals surface area contributed by atoms with E-state index in [0.717, 1.165) is 18.7 Å². The first-order chi connectivity index (χ1) is 19.4. The molecule has 0 unspecified atom stereocenters. The van der Waals surface area contributed by atoms with Crippen molar-refractivity contribution >= 4 is 23.0 Å². The van der Waals surface area contributed by atoms with E-state index >= 15 is 0 Å². The van der Waals surface area contributed by atoms with Gasteiger partial charge >= 0.3 is 0 Å². The molecule has 2 fully saturated rings. The molecule has 0 bridgehead atoms. The van der Waals surface area contributed by atoms with Gasteiger partial charge in [-0.15, -0.1) is 0 Å². The fourth-order valence-electron chi connectivity index (χ4n) is 5.86. The summed E-state index contributed by atoms with van der Waals surface area (Å²) in [5, 5.41) is 14.5. The van der Waals surface area contributed by atoms with Crippen molar-refractivity contribution in [1.82, 2.24) is 39.6 Å². The van der Waals surface area contributed by atoms with E-state index in [9.17, 15) is 9.59 Å². The molecule has 12 heteroatoms. The van der Waals surface area contributed by atoms with Gasteiger partial charge in [-0.1, -0.05) is 0 Å². The predicted molar refractivity (Wildman–Crippen MR) is 148 cm³/mol. The lowest BCUT2D eigenvalue weighted by atomic mass is 9.75. The van der Waals surface area contributed by atoms with E-state index in [0.29, 0.717) is 40.2 Å². The van der Waals surface area contributed by atoms with E-state index in [1.165, 1.54) is 51.6 Å². The highest BCUT2D eigenvalue weighted by Crippen LogP contribution is 2.45. The first-order valence-electron chi connectivity index (χ1n) is 13.6. The van der Waals surface area contributed by atoms with Crippen molar-refractivity contribution in [3.8, 4) is 17.1 Å². The second-order valence-electron chi connectivity index (χ2n) is 10.6. The fraction of sp³-hybridized carbons (Fsp3) is 0.429. The molecule has 1 spiro atoms. The Balaban J connectivity index is 1.16. The molecule has 2 aliphatic rings. The normalized spacial score (nSPS) is 16.3. The summed E-state index contributed by atoms with van der Waals surface area (Å²) in [5.41, 5.74) is 3.93. The highest BCUT2D eigenvalue weighted by Gasteiger charge is 2.44. The maximum Gasteiger partial charge on any atom is 0.259 e. The average Bonchev–Trinajstić information content (AvgIpc) is 3.67. The largest absolute Gasteiger partial charge is 0.479 e. The van der Waals surface area contributed by atoms with Crippen LogP contribution in [0.3, 0.4) is 0 Å². The van der Waals surface area contributed by atoms with Crippen molar-refractivity contribution in [2.45, 2.75) is 44.6 Å². The van der Waals surface area contributed by atoms with Crippen molar-refractivity contribution in [2.24, 2.45) is 7.05 Å². The van der Waals surface area contributed by atoms with E-state index in [1.54, 1.807) is 34.6 Å². The smallest absolute Gasteiger partial charge is 0.259 e. The molecule has 0 aromatic carbocycles. The number of amides is 2. The van der Waals surface area contributed by atoms with Crippen LogP contribution >= 0.6 is 0 Å². The number of aromatic nitrogens is 6. The minimum atomic E-state index is -0.411. The Labute approximate surface area is 231 Å². The summed E-state index contributed by atoms with van der Waals surface area (Å²) in [6, 6.07) is 1.65. The molecule has 5 heterocycles. The van der Waals surface area contributed by atoms with Crippen LogP contribution in [-0.2, 0) is 7.05 Å². The summed E-state index contributed by atoms with van der Waals surface area (Å²) in [7, 11) is 3.32. The number of anilines is 1. The maximum atomic E-state index is 13.4. The number of fused-ring (bicyclic) bond motifs is 1. The number of likely N-dealkylation sites (tertiary alicyclic amines) is 1. The number of aryl methyl sites for hydroxylation is 2. The Bertz CT molecular complexity index is 1590. The van der Waals surface area contributed by atoms with Gasteiger partial charge in [-0.25, -0.2) is 9.50 Å². The van der Waals surface area contributed by atoms with E-state index in [-0.39, 0.29) is 17.4 Å². The Hall–Kier alpha value is -4.32. The van der Waals surface area contributed by atoms with E-state index in [4.69, 9.17) is 4.74 Å². The first kappa shape index (κ1) is 25.9. The number of methoxy groups -OCH3 is 1. The molecular weight excluding hydrogens is 510 g/mol. The standard InChI is InChI=1S/C28H33N9O3/c1-18-22(12-19(13-30-18)25(38)29-9-11-36-10-5-8-28(36)6-4-7-28)33-26(39)21-15-32-37-17-23(20-14-31-35(2)16-20)34-27(40-3)24(21)37/h12-17H,4-11H2,1-3H3,(H,29,38)(H,33,39). The third-order valence-electron chi connectivity index (χ3n) is 8.19. The summed E-state index contributed by atoms with van der Waals surface area (Å²) in [6.45, 7) is 4.31. The van der Waals surface area contributed by atoms with Crippen LogP contribution in [-0.4, -0.2) is 78.4 Å². The Morgan fingerprint density at radius 3 is 2.62 bits per heavy atom. The summed E-state index contributed by atoms with van der Waals surface area (Å²) >= 11 is 0. The van der Waals surface area contributed by atoms with Crippen molar-refractivity contribution in [2.75, 3.05) is 32.1 Å². The maximum absolute atomic E-state index is 13.4. The van der Waals surface area contributed by atoms with Crippen LogP contribution in [0.25, 0.3) is 16.8 Å². The molecule has 1 saturated carbocycles. The quantitative estimate of drug-likeness (QED) is 0.347. The van der Waals surface area contributed by atoms with Crippen molar-refractivity contribution in [1.29, 1.82) is 0 Å². The lowest BCUT2D eigenvalue weighted by molar-refractivity contribution is 0.0561. The molecule has 12 nitrogen and oxygen atoms in total. The molecule has 0 radical (unpaired) electrons. The molecule has 1 saturated heterocycles. The lowest BCUT2D eigenvalue weighted by Crippen LogP contribution is -2.51. The molecule has 2 amide bonds. The average molecular weight is 544 g/mol. The first-order valence-corrected chi connectivity index (χ1v) is 13.6. The van der Waals surface area contributed by atoms with Crippen LogP contribution in [0.4, 0.5) is 5.69 Å².